The van der Waals surface area contributed by atoms with Gasteiger partial charge in [-0.25, -0.2) is 0 Å². The van der Waals surface area contributed by atoms with Gasteiger partial charge in [0.15, 0.2) is 0 Å². The number of carbonyl (C=O) groups is 2. The Bertz CT molecular complexity index is 985. The Kier molecular flexibility index (Phi) is 5.15. The van der Waals surface area contributed by atoms with Crippen molar-refractivity contribution in [3.05, 3.63) is 65.9 Å². The highest BCUT2D eigenvalue weighted by atomic mass is 16.2. The summed E-state index contributed by atoms with van der Waals surface area (Å²) in [6, 6.07) is 15.8. The summed E-state index contributed by atoms with van der Waals surface area (Å²) in [5.74, 6) is -0.208. The van der Waals surface area contributed by atoms with Gasteiger partial charge < -0.3 is 15.2 Å². The molecule has 0 aliphatic carbocycles. The Balaban J connectivity index is 1.32. The van der Waals surface area contributed by atoms with E-state index in [-0.39, 0.29) is 17.7 Å². The third-order valence-electron chi connectivity index (χ3n) is 5.40. The van der Waals surface area contributed by atoms with Gasteiger partial charge in [0.05, 0.1) is 11.5 Å². The lowest BCUT2D eigenvalue weighted by atomic mass is 9.97. The molecule has 4 rings (SSSR count). The van der Waals surface area contributed by atoms with Gasteiger partial charge in [0, 0.05) is 35.9 Å². The van der Waals surface area contributed by atoms with E-state index in [4.69, 9.17) is 0 Å². The fourth-order valence-corrected chi connectivity index (χ4v) is 3.61. The molecule has 28 heavy (non-hydrogen) atoms. The molecule has 1 saturated heterocycles. The van der Waals surface area contributed by atoms with Gasteiger partial charge in [-0.1, -0.05) is 43.7 Å². The zero-order chi connectivity index (χ0) is 19.5. The van der Waals surface area contributed by atoms with Gasteiger partial charge in [-0.15, -0.1) is 0 Å². The summed E-state index contributed by atoms with van der Waals surface area (Å²) in [6.07, 6.45) is 5.17. The number of rotatable bonds is 6. The summed E-state index contributed by atoms with van der Waals surface area (Å²) < 4.78 is 0. The molecule has 2 amide bonds. The van der Waals surface area contributed by atoms with E-state index in [1.54, 1.807) is 11.1 Å². The topological polar surface area (TPSA) is 65.2 Å². The van der Waals surface area contributed by atoms with Crippen molar-refractivity contribution < 1.29 is 9.59 Å². The van der Waals surface area contributed by atoms with E-state index in [0.29, 0.717) is 18.7 Å². The van der Waals surface area contributed by atoms with Gasteiger partial charge in [0.2, 0.25) is 5.91 Å². The third-order valence-corrected chi connectivity index (χ3v) is 5.40. The smallest absolute Gasteiger partial charge is 0.256 e. The number of aromatic amines is 1. The largest absolute Gasteiger partial charge is 0.360 e. The Morgan fingerprint density at radius 1 is 1.11 bits per heavy atom. The molecule has 1 fully saturated rings. The van der Waals surface area contributed by atoms with Crippen LogP contribution in [0, 0.1) is 5.92 Å². The first kappa shape index (κ1) is 18.3. The maximum Gasteiger partial charge on any atom is 0.256 e. The lowest BCUT2D eigenvalue weighted by Crippen LogP contribution is -2.54. The normalized spacial score (nSPS) is 14.1. The summed E-state index contributed by atoms with van der Waals surface area (Å²) in [5.41, 5.74) is 3.71. The van der Waals surface area contributed by atoms with Crippen LogP contribution in [0.15, 0.2) is 54.7 Å². The van der Waals surface area contributed by atoms with Crippen molar-refractivity contribution >= 4 is 28.4 Å². The van der Waals surface area contributed by atoms with E-state index in [2.05, 4.69) is 29.4 Å². The number of nitrogens with zero attached hydrogens (tertiary/aromatic N) is 1. The average molecular weight is 375 g/mol. The standard InChI is InChI=1S/C23H25N3O2/c1-2-3-6-16-9-11-18(12-10-16)25-22(27)17-14-26(15-17)23(28)20-13-24-21-8-5-4-7-19(20)21/h4-5,7-13,17,24H,2-3,6,14-15H2,1H3,(H,25,27). The number of unbranched alkanes of at least 4 members (excludes halogenated alkanes) is 1. The van der Waals surface area contributed by atoms with Crippen LogP contribution in [0.1, 0.15) is 35.7 Å². The number of anilines is 1. The number of hydrogen-bond acceptors (Lipinski definition) is 2. The molecule has 0 unspecified atom stereocenters. The Hall–Kier alpha value is -3.08. The molecule has 3 aromatic rings. The number of aryl methyl sites for hydroxylation is 1. The van der Waals surface area contributed by atoms with Crippen molar-refractivity contribution in [2.45, 2.75) is 26.2 Å². The van der Waals surface area contributed by atoms with Gasteiger partial charge in [-0.3, -0.25) is 9.59 Å². The first-order valence-corrected chi connectivity index (χ1v) is 9.91. The van der Waals surface area contributed by atoms with Gasteiger partial charge in [0.1, 0.15) is 0 Å². The maximum atomic E-state index is 12.7. The van der Waals surface area contributed by atoms with Gasteiger partial charge >= 0.3 is 0 Å². The van der Waals surface area contributed by atoms with Crippen molar-refractivity contribution in [2.75, 3.05) is 18.4 Å². The molecule has 2 N–H and O–H groups in total. The van der Waals surface area contributed by atoms with Crippen LogP contribution >= 0.6 is 0 Å². The maximum absolute atomic E-state index is 12.7. The van der Waals surface area contributed by atoms with Crippen molar-refractivity contribution in [2.24, 2.45) is 5.92 Å². The molecule has 2 aromatic carbocycles. The summed E-state index contributed by atoms with van der Waals surface area (Å²) in [6.45, 7) is 3.09. The number of fused-ring (bicyclic) bond motifs is 1. The van der Waals surface area contributed by atoms with E-state index in [1.165, 1.54) is 18.4 Å². The lowest BCUT2D eigenvalue weighted by Gasteiger charge is -2.38. The number of nitrogens with one attached hydrogen (secondary N) is 2. The van der Waals surface area contributed by atoms with Crippen LogP contribution in [-0.2, 0) is 11.2 Å². The fraction of sp³-hybridized carbons (Fsp3) is 0.304. The molecule has 0 saturated carbocycles. The molecule has 1 aromatic heterocycles. The highest BCUT2D eigenvalue weighted by Crippen LogP contribution is 2.25. The molecule has 2 heterocycles. The minimum Gasteiger partial charge on any atom is -0.360 e. The zero-order valence-electron chi connectivity index (χ0n) is 16.1. The quantitative estimate of drug-likeness (QED) is 0.677. The summed E-state index contributed by atoms with van der Waals surface area (Å²) in [4.78, 5) is 30.0. The minimum absolute atomic E-state index is 0.0238. The van der Waals surface area contributed by atoms with Crippen molar-refractivity contribution in [1.29, 1.82) is 0 Å². The SMILES string of the molecule is CCCCc1ccc(NC(=O)C2CN(C(=O)c3c[nH]c4ccccc34)C2)cc1. The molecule has 0 bridgehead atoms. The molecule has 0 radical (unpaired) electrons. The van der Waals surface area contributed by atoms with Crippen molar-refractivity contribution in [3.8, 4) is 0 Å². The number of amides is 2. The van der Waals surface area contributed by atoms with E-state index in [9.17, 15) is 9.59 Å². The fourth-order valence-electron chi connectivity index (χ4n) is 3.61. The van der Waals surface area contributed by atoms with Crippen molar-refractivity contribution in [1.82, 2.24) is 9.88 Å². The number of benzene rings is 2. The van der Waals surface area contributed by atoms with Crippen LogP contribution < -0.4 is 5.32 Å². The van der Waals surface area contributed by atoms with Crippen LogP contribution in [0.4, 0.5) is 5.69 Å². The lowest BCUT2D eigenvalue weighted by molar-refractivity contribution is -0.123. The summed E-state index contributed by atoms with van der Waals surface area (Å²) >= 11 is 0. The van der Waals surface area contributed by atoms with Gasteiger partial charge in [0.25, 0.3) is 5.91 Å². The molecule has 5 heteroatoms. The number of carbonyl (C=O) groups excluding carboxylic acids is 2. The number of para-hydroxylation sites is 1. The second-order valence-corrected chi connectivity index (χ2v) is 7.44. The van der Waals surface area contributed by atoms with Crippen LogP contribution in [0.3, 0.4) is 0 Å². The second-order valence-electron chi connectivity index (χ2n) is 7.44. The van der Waals surface area contributed by atoms with Gasteiger partial charge in [-0.2, -0.15) is 0 Å². The van der Waals surface area contributed by atoms with Crippen LogP contribution in [-0.4, -0.2) is 34.8 Å². The molecule has 5 nitrogen and oxygen atoms in total. The molecular weight excluding hydrogens is 350 g/mol. The summed E-state index contributed by atoms with van der Waals surface area (Å²) in [5, 5.41) is 3.89. The minimum atomic E-state index is -0.158. The molecule has 0 atom stereocenters. The highest BCUT2D eigenvalue weighted by molar-refractivity contribution is 6.07. The number of H-pyrrole nitrogens is 1. The van der Waals surface area contributed by atoms with Gasteiger partial charge in [-0.05, 0) is 36.6 Å². The van der Waals surface area contributed by atoms with E-state index in [0.717, 1.165) is 23.0 Å². The van der Waals surface area contributed by atoms with Crippen molar-refractivity contribution in [3.63, 3.8) is 0 Å². The van der Waals surface area contributed by atoms with E-state index >= 15 is 0 Å². The van der Waals surface area contributed by atoms with Crippen LogP contribution in [0.5, 0.6) is 0 Å². The summed E-state index contributed by atoms with van der Waals surface area (Å²) in [7, 11) is 0. The predicted octanol–water partition coefficient (Wildman–Crippen LogP) is 4.22. The molecular formula is C23H25N3O2. The number of likely N-dealkylation sites (tertiary alicyclic amines) is 1. The number of aromatic nitrogens is 1. The first-order valence-electron chi connectivity index (χ1n) is 9.91. The van der Waals surface area contributed by atoms with E-state index in [1.807, 2.05) is 36.4 Å². The molecule has 0 spiro atoms. The highest BCUT2D eigenvalue weighted by Gasteiger charge is 2.36. The Morgan fingerprint density at radius 2 is 1.86 bits per heavy atom. The number of hydrogen-bond donors (Lipinski definition) is 2. The average Bonchev–Trinajstić information content (AvgIpc) is 3.10. The third kappa shape index (κ3) is 3.65. The second kappa shape index (κ2) is 7.89. The molecule has 1 aliphatic rings. The Labute approximate surface area is 164 Å². The predicted molar refractivity (Wildman–Crippen MR) is 111 cm³/mol. The Morgan fingerprint density at radius 3 is 2.61 bits per heavy atom. The molecule has 144 valence electrons. The monoisotopic (exact) mass is 375 g/mol. The first-order chi connectivity index (χ1) is 13.7. The van der Waals surface area contributed by atoms with Crippen LogP contribution in [0.2, 0.25) is 0 Å². The van der Waals surface area contributed by atoms with E-state index < -0.39 is 0 Å². The zero-order valence-corrected chi connectivity index (χ0v) is 16.1. The molecule has 1 aliphatic heterocycles. The van der Waals surface area contributed by atoms with Crippen LogP contribution in [0.25, 0.3) is 10.9 Å².